The van der Waals surface area contributed by atoms with Gasteiger partial charge in [0.1, 0.15) is 0 Å². The van der Waals surface area contributed by atoms with Gasteiger partial charge in [0.2, 0.25) is 0 Å². The van der Waals surface area contributed by atoms with Gasteiger partial charge in [0.15, 0.2) is 0 Å². The van der Waals surface area contributed by atoms with E-state index in [1.54, 1.807) is 0 Å². The molecule has 0 bridgehead atoms. The molecule has 0 nitrogen and oxygen atoms in total. The van der Waals surface area contributed by atoms with Crippen molar-refractivity contribution in [3.8, 4) is 44.5 Å². The molecule has 0 heterocycles. The first-order chi connectivity index (χ1) is 18.4. The van der Waals surface area contributed by atoms with Crippen LogP contribution in [0, 0.1) is 0 Å². The number of rotatable bonds is 4. The predicted molar refractivity (Wildman–Crippen MR) is 157 cm³/mol. The summed E-state index contributed by atoms with van der Waals surface area (Å²) >= 11 is 0. The van der Waals surface area contributed by atoms with Gasteiger partial charge in [-0.05, 0) is 92.4 Å². The largest absolute Gasteiger partial charge is 0.0622 e. The standard InChI is InChI=1S/C37H32/c1-4-12-26(13-5-1)27-20-22-28(23-21-27)33-25-34-32-19-11-10-18-31(32)24-35(34)37(30-16-8-3-9-17-30)36(33)29-14-6-2-7-15-29/h2-3,6-11,14-23,25-26H,1,4-5,12-13,24H2. The van der Waals surface area contributed by atoms with Crippen LogP contribution in [0.5, 0.6) is 0 Å². The first kappa shape index (κ1) is 22.3. The number of benzene rings is 5. The molecule has 0 saturated heterocycles. The molecule has 0 N–H and O–H groups in total. The molecule has 5 aromatic rings. The quantitative estimate of drug-likeness (QED) is 0.237. The molecule has 180 valence electrons. The SMILES string of the molecule is c1ccc(-c2c(-c3ccc(C4CCCCC4)cc3)cc3c(c2-c2ccccc2)Cc2ccccc2-3)cc1. The van der Waals surface area contributed by atoms with E-state index >= 15 is 0 Å². The van der Waals surface area contributed by atoms with Crippen LogP contribution in [0.1, 0.15) is 54.7 Å². The van der Waals surface area contributed by atoms with Crippen LogP contribution in [-0.4, -0.2) is 0 Å². The first-order valence-corrected chi connectivity index (χ1v) is 13.9. The van der Waals surface area contributed by atoms with Crippen molar-refractivity contribution >= 4 is 0 Å². The van der Waals surface area contributed by atoms with Crippen LogP contribution >= 0.6 is 0 Å². The van der Waals surface area contributed by atoms with Crippen molar-refractivity contribution < 1.29 is 0 Å². The first-order valence-electron chi connectivity index (χ1n) is 13.9. The lowest BCUT2D eigenvalue weighted by molar-refractivity contribution is 0.443. The predicted octanol–water partition coefficient (Wildman–Crippen LogP) is 10.3. The van der Waals surface area contributed by atoms with Crippen molar-refractivity contribution in [1.82, 2.24) is 0 Å². The van der Waals surface area contributed by atoms with Crippen molar-refractivity contribution in [2.75, 3.05) is 0 Å². The van der Waals surface area contributed by atoms with Gasteiger partial charge in [0, 0.05) is 0 Å². The van der Waals surface area contributed by atoms with Crippen LogP contribution in [0.3, 0.4) is 0 Å². The van der Waals surface area contributed by atoms with E-state index in [-0.39, 0.29) is 0 Å². The van der Waals surface area contributed by atoms with Crippen LogP contribution in [0.25, 0.3) is 44.5 Å². The third kappa shape index (κ3) is 4.02. The molecule has 0 amide bonds. The molecule has 0 spiro atoms. The molecule has 2 aliphatic carbocycles. The van der Waals surface area contributed by atoms with E-state index in [9.17, 15) is 0 Å². The summed E-state index contributed by atoms with van der Waals surface area (Å²) in [7, 11) is 0. The van der Waals surface area contributed by atoms with Crippen molar-refractivity contribution in [2.45, 2.75) is 44.4 Å². The maximum absolute atomic E-state index is 2.48. The molecule has 2 aliphatic rings. The Labute approximate surface area is 220 Å². The highest BCUT2D eigenvalue weighted by Crippen LogP contribution is 2.50. The Morgan fingerprint density at radius 2 is 1.08 bits per heavy atom. The van der Waals surface area contributed by atoms with Gasteiger partial charge >= 0.3 is 0 Å². The highest BCUT2D eigenvalue weighted by atomic mass is 14.3. The monoisotopic (exact) mass is 476 g/mol. The summed E-state index contributed by atoms with van der Waals surface area (Å²) in [6.07, 6.45) is 7.79. The second kappa shape index (κ2) is 9.52. The minimum atomic E-state index is 0.725. The van der Waals surface area contributed by atoms with Crippen molar-refractivity contribution in [3.05, 3.63) is 132 Å². The van der Waals surface area contributed by atoms with E-state index in [1.807, 2.05) is 0 Å². The molecular weight excluding hydrogens is 444 g/mol. The van der Waals surface area contributed by atoms with Gasteiger partial charge in [-0.25, -0.2) is 0 Å². The zero-order valence-corrected chi connectivity index (χ0v) is 21.3. The van der Waals surface area contributed by atoms with Crippen molar-refractivity contribution in [2.24, 2.45) is 0 Å². The summed E-state index contributed by atoms with van der Waals surface area (Å²) in [5.74, 6) is 0.725. The molecule has 0 aromatic heterocycles. The number of hydrogen-bond donors (Lipinski definition) is 0. The van der Waals surface area contributed by atoms with Crippen LogP contribution < -0.4 is 0 Å². The maximum atomic E-state index is 2.48. The van der Waals surface area contributed by atoms with Crippen LogP contribution in [0.15, 0.2) is 115 Å². The van der Waals surface area contributed by atoms with E-state index in [0.717, 1.165) is 12.3 Å². The van der Waals surface area contributed by atoms with E-state index in [2.05, 4.69) is 115 Å². The molecule has 0 unspecified atom stereocenters. The van der Waals surface area contributed by atoms with Gasteiger partial charge in [-0.15, -0.1) is 0 Å². The summed E-state index contributed by atoms with van der Waals surface area (Å²) in [5.41, 5.74) is 15.1. The van der Waals surface area contributed by atoms with Gasteiger partial charge in [0.25, 0.3) is 0 Å². The van der Waals surface area contributed by atoms with E-state index in [4.69, 9.17) is 0 Å². The van der Waals surface area contributed by atoms with Crippen LogP contribution in [0.4, 0.5) is 0 Å². The van der Waals surface area contributed by atoms with E-state index in [0.29, 0.717) is 0 Å². The van der Waals surface area contributed by atoms with E-state index < -0.39 is 0 Å². The highest BCUT2D eigenvalue weighted by Gasteiger charge is 2.27. The summed E-state index contributed by atoms with van der Waals surface area (Å²) in [6.45, 7) is 0. The molecule has 0 atom stereocenters. The Morgan fingerprint density at radius 3 is 1.78 bits per heavy atom. The van der Waals surface area contributed by atoms with Gasteiger partial charge < -0.3 is 0 Å². The molecule has 7 rings (SSSR count). The Kier molecular flexibility index (Phi) is 5.74. The maximum Gasteiger partial charge on any atom is -0.000705 e. The second-order valence-electron chi connectivity index (χ2n) is 10.7. The summed E-state index contributed by atoms with van der Waals surface area (Å²) in [4.78, 5) is 0. The number of hydrogen-bond acceptors (Lipinski definition) is 0. The molecule has 0 heteroatoms. The lowest BCUT2D eigenvalue weighted by Gasteiger charge is -2.23. The average Bonchev–Trinajstić information content (AvgIpc) is 3.36. The Bertz CT molecular complexity index is 1540. The molecule has 0 radical (unpaired) electrons. The Balaban J connectivity index is 1.49. The third-order valence-corrected chi connectivity index (χ3v) is 8.53. The van der Waals surface area contributed by atoms with Gasteiger partial charge in [-0.2, -0.15) is 0 Å². The molecule has 0 aliphatic heterocycles. The smallest absolute Gasteiger partial charge is 0.000705 e. The zero-order chi connectivity index (χ0) is 24.6. The van der Waals surface area contributed by atoms with Crippen LogP contribution in [0.2, 0.25) is 0 Å². The second-order valence-corrected chi connectivity index (χ2v) is 10.7. The zero-order valence-electron chi connectivity index (χ0n) is 21.3. The average molecular weight is 477 g/mol. The van der Waals surface area contributed by atoms with Gasteiger partial charge in [-0.3, -0.25) is 0 Å². The fraction of sp³-hybridized carbons (Fsp3) is 0.189. The minimum absolute atomic E-state index is 0.725. The third-order valence-electron chi connectivity index (χ3n) is 8.53. The Hall–Kier alpha value is -3.90. The van der Waals surface area contributed by atoms with E-state index in [1.165, 1.54) is 93.3 Å². The lowest BCUT2D eigenvalue weighted by atomic mass is 9.81. The van der Waals surface area contributed by atoms with Gasteiger partial charge in [-0.1, -0.05) is 128 Å². The van der Waals surface area contributed by atoms with Crippen molar-refractivity contribution in [1.29, 1.82) is 0 Å². The molecule has 1 fully saturated rings. The Morgan fingerprint density at radius 1 is 0.459 bits per heavy atom. The molecule has 1 saturated carbocycles. The summed E-state index contributed by atoms with van der Waals surface area (Å²) < 4.78 is 0. The fourth-order valence-electron chi connectivity index (χ4n) is 6.70. The highest BCUT2D eigenvalue weighted by molar-refractivity contribution is 6.01. The number of fused-ring (bicyclic) bond motifs is 3. The van der Waals surface area contributed by atoms with Crippen molar-refractivity contribution in [3.63, 3.8) is 0 Å². The van der Waals surface area contributed by atoms with Gasteiger partial charge in [0.05, 0.1) is 0 Å². The summed E-state index contributed by atoms with van der Waals surface area (Å²) in [6, 6.07) is 43.0. The lowest BCUT2D eigenvalue weighted by Crippen LogP contribution is -2.04. The molecule has 37 heavy (non-hydrogen) atoms. The topological polar surface area (TPSA) is 0 Å². The summed E-state index contributed by atoms with van der Waals surface area (Å²) in [5, 5.41) is 0. The molecular formula is C37H32. The molecule has 5 aromatic carbocycles. The minimum Gasteiger partial charge on any atom is -0.0622 e. The fourth-order valence-corrected chi connectivity index (χ4v) is 6.70. The normalized spacial score (nSPS) is 14.8. The van der Waals surface area contributed by atoms with Crippen LogP contribution in [-0.2, 0) is 6.42 Å².